The van der Waals surface area contributed by atoms with Crippen LogP contribution < -0.4 is 4.72 Å². The first-order chi connectivity index (χ1) is 9.99. The lowest BCUT2D eigenvalue weighted by Crippen LogP contribution is -2.18. The Morgan fingerprint density at radius 1 is 1.29 bits per heavy atom. The van der Waals surface area contributed by atoms with Crippen molar-refractivity contribution < 1.29 is 8.42 Å². The summed E-state index contributed by atoms with van der Waals surface area (Å²) in [4.78, 5) is 0. The van der Waals surface area contributed by atoms with Gasteiger partial charge in [0.1, 0.15) is 0 Å². The van der Waals surface area contributed by atoms with E-state index in [0.717, 1.165) is 12.8 Å². The summed E-state index contributed by atoms with van der Waals surface area (Å²) in [6.07, 6.45) is 1.45. The molecule has 1 saturated carbocycles. The first-order valence-corrected chi connectivity index (χ1v) is 8.42. The minimum atomic E-state index is -3.31. The molecule has 0 bridgehead atoms. The summed E-state index contributed by atoms with van der Waals surface area (Å²) in [6, 6.07) is 7.26. The van der Waals surface area contributed by atoms with Crippen LogP contribution in [0, 0.1) is 0 Å². The molecule has 1 aromatic carbocycles. The molecule has 1 aliphatic carbocycles. The minimum absolute atomic E-state index is 0.0862. The Morgan fingerprint density at radius 2 is 2.00 bits per heavy atom. The molecule has 1 aromatic heterocycles. The Kier molecular flexibility index (Phi) is 3.40. The standard InChI is InChI=1S/C13H17N5O2S/c1-9(2)18-13(14-16-17-18)11-5-3-4-6-12(11)15-21(19,20)10-7-8-10/h3-6,9-10,15H,7-8H2,1-2H3. The van der Waals surface area contributed by atoms with Gasteiger partial charge in [0.05, 0.1) is 17.0 Å². The molecule has 2 aromatic rings. The Bertz CT molecular complexity index is 749. The third-order valence-corrected chi connectivity index (χ3v) is 5.22. The van der Waals surface area contributed by atoms with E-state index in [9.17, 15) is 8.42 Å². The van der Waals surface area contributed by atoms with Crippen molar-refractivity contribution in [1.82, 2.24) is 20.2 Å². The molecule has 0 radical (unpaired) electrons. The molecular formula is C13H17N5O2S. The molecule has 0 spiro atoms. The van der Waals surface area contributed by atoms with Crippen LogP contribution in [0.1, 0.15) is 32.7 Å². The number of para-hydroxylation sites is 1. The highest BCUT2D eigenvalue weighted by molar-refractivity contribution is 7.93. The summed E-state index contributed by atoms with van der Waals surface area (Å²) in [5.41, 5.74) is 1.20. The van der Waals surface area contributed by atoms with Crippen LogP contribution in [0.15, 0.2) is 24.3 Å². The summed E-state index contributed by atoms with van der Waals surface area (Å²) >= 11 is 0. The van der Waals surface area contributed by atoms with Gasteiger partial charge in [-0.1, -0.05) is 12.1 Å². The number of nitrogens with zero attached hydrogens (tertiary/aromatic N) is 4. The van der Waals surface area contributed by atoms with E-state index in [-0.39, 0.29) is 11.3 Å². The fourth-order valence-electron chi connectivity index (χ4n) is 2.10. The summed E-state index contributed by atoms with van der Waals surface area (Å²) < 4.78 is 28.6. The van der Waals surface area contributed by atoms with Gasteiger partial charge in [0.25, 0.3) is 0 Å². The second-order valence-electron chi connectivity index (χ2n) is 5.43. The molecule has 1 N–H and O–H groups in total. The zero-order chi connectivity index (χ0) is 15.0. The zero-order valence-electron chi connectivity index (χ0n) is 11.9. The number of hydrogen-bond donors (Lipinski definition) is 1. The molecule has 1 fully saturated rings. The maximum Gasteiger partial charge on any atom is 0.235 e. The molecule has 0 amide bonds. The fraction of sp³-hybridized carbons (Fsp3) is 0.462. The van der Waals surface area contributed by atoms with E-state index < -0.39 is 10.0 Å². The third kappa shape index (κ3) is 2.76. The SMILES string of the molecule is CC(C)n1nnnc1-c1ccccc1NS(=O)(=O)C1CC1. The van der Waals surface area contributed by atoms with Crippen LogP contribution in [-0.4, -0.2) is 33.9 Å². The Balaban J connectivity index is 2.02. The molecule has 112 valence electrons. The second kappa shape index (κ2) is 5.10. The average molecular weight is 307 g/mol. The van der Waals surface area contributed by atoms with Gasteiger partial charge in [-0.2, -0.15) is 0 Å². The zero-order valence-corrected chi connectivity index (χ0v) is 12.7. The third-order valence-electron chi connectivity index (χ3n) is 3.37. The average Bonchev–Trinajstić information content (AvgIpc) is 3.18. The van der Waals surface area contributed by atoms with E-state index in [1.807, 2.05) is 26.0 Å². The van der Waals surface area contributed by atoms with Crippen molar-refractivity contribution in [1.29, 1.82) is 0 Å². The maximum atomic E-state index is 12.1. The van der Waals surface area contributed by atoms with Crippen LogP contribution in [0.3, 0.4) is 0 Å². The van der Waals surface area contributed by atoms with Crippen LogP contribution in [-0.2, 0) is 10.0 Å². The van der Waals surface area contributed by atoms with Crippen LogP contribution in [0.25, 0.3) is 11.4 Å². The quantitative estimate of drug-likeness (QED) is 0.910. The largest absolute Gasteiger partial charge is 0.283 e. The van der Waals surface area contributed by atoms with E-state index in [1.165, 1.54) is 0 Å². The van der Waals surface area contributed by atoms with E-state index in [0.29, 0.717) is 17.1 Å². The number of rotatable bonds is 5. The van der Waals surface area contributed by atoms with E-state index in [2.05, 4.69) is 20.2 Å². The highest BCUT2D eigenvalue weighted by atomic mass is 32.2. The lowest BCUT2D eigenvalue weighted by atomic mass is 10.1. The monoisotopic (exact) mass is 307 g/mol. The van der Waals surface area contributed by atoms with Crippen LogP contribution in [0.2, 0.25) is 0 Å². The van der Waals surface area contributed by atoms with Gasteiger partial charge in [0.2, 0.25) is 10.0 Å². The van der Waals surface area contributed by atoms with Crippen molar-refractivity contribution >= 4 is 15.7 Å². The molecule has 0 atom stereocenters. The van der Waals surface area contributed by atoms with Gasteiger partial charge in [-0.3, -0.25) is 4.72 Å². The molecule has 7 nitrogen and oxygen atoms in total. The van der Waals surface area contributed by atoms with Crippen molar-refractivity contribution in [2.45, 2.75) is 38.0 Å². The Hall–Kier alpha value is -1.96. The molecule has 1 heterocycles. The first-order valence-electron chi connectivity index (χ1n) is 6.88. The predicted molar refractivity (Wildman–Crippen MR) is 79.2 cm³/mol. The summed E-state index contributed by atoms with van der Waals surface area (Å²) in [5, 5.41) is 11.4. The summed E-state index contributed by atoms with van der Waals surface area (Å²) in [6.45, 7) is 3.94. The number of sulfonamides is 1. The molecule has 0 unspecified atom stereocenters. The van der Waals surface area contributed by atoms with Gasteiger partial charge in [0.15, 0.2) is 5.82 Å². The normalized spacial score (nSPS) is 15.4. The second-order valence-corrected chi connectivity index (χ2v) is 7.39. The minimum Gasteiger partial charge on any atom is -0.283 e. The highest BCUT2D eigenvalue weighted by Crippen LogP contribution is 2.33. The van der Waals surface area contributed by atoms with Crippen LogP contribution in [0.5, 0.6) is 0 Å². The van der Waals surface area contributed by atoms with Crippen molar-refractivity contribution in [2.24, 2.45) is 0 Å². The van der Waals surface area contributed by atoms with Gasteiger partial charge < -0.3 is 0 Å². The Morgan fingerprint density at radius 3 is 2.67 bits per heavy atom. The Labute approximate surface area is 123 Å². The molecule has 0 aliphatic heterocycles. The predicted octanol–water partition coefficient (Wildman–Crippen LogP) is 1.83. The molecule has 3 rings (SSSR count). The van der Waals surface area contributed by atoms with Gasteiger partial charge in [0, 0.05) is 5.56 Å². The molecule has 0 saturated heterocycles. The highest BCUT2D eigenvalue weighted by Gasteiger charge is 2.36. The lowest BCUT2D eigenvalue weighted by Gasteiger charge is -2.13. The molecular weight excluding hydrogens is 290 g/mol. The number of hydrogen-bond acceptors (Lipinski definition) is 5. The van der Waals surface area contributed by atoms with Crippen LogP contribution in [0.4, 0.5) is 5.69 Å². The first kappa shape index (κ1) is 14.0. The van der Waals surface area contributed by atoms with E-state index in [1.54, 1.807) is 16.8 Å². The number of nitrogens with one attached hydrogen (secondary N) is 1. The van der Waals surface area contributed by atoms with E-state index >= 15 is 0 Å². The lowest BCUT2D eigenvalue weighted by molar-refractivity contribution is 0.519. The number of anilines is 1. The number of aromatic nitrogens is 4. The van der Waals surface area contributed by atoms with Gasteiger partial charge in [-0.05, 0) is 49.2 Å². The summed E-state index contributed by atoms with van der Waals surface area (Å²) in [5.74, 6) is 0.555. The smallest absolute Gasteiger partial charge is 0.235 e. The van der Waals surface area contributed by atoms with Crippen molar-refractivity contribution in [3.8, 4) is 11.4 Å². The van der Waals surface area contributed by atoms with Gasteiger partial charge in [-0.25, -0.2) is 13.1 Å². The number of tetrazole rings is 1. The fourth-order valence-corrected chi connectivity index (χ4v) is 3.51. The van der Waals surface area contributed by atoms with E-state index in [4.69, 9.17) is 0 Å². The van der Waals surface area contributed by atoms with Crippen molar-refractivity contribution in [2.75, 3.05) is 4.72 Å². The van der Waals surface area contributed by atoms with Crippen molar-refractivity contribution in [3.05, 3.63) is 24.3 Å². The molecule has 1 aliphatic rings. The molecule has 8 heteroatoms. The topological polar surface area (TPSA) is 89.8 Å². The summed E-state index contributed by atoms with van der Waals surface area (Å²) in [7, 11) is -3.31. The van der Waals surface area contributed by atoms with Gasteiger partial charge in [-0.15, -0.1) is 5.10 Å². The van der Waals surface area contributed by atoms with Crippen LogP contribution >= 0.6 is 0 Å². The van der Waals surface area contributed by atoms with Crippen molar-refractivity contribution in [3.63, 3.8) is 0 Å². The van der Waals surface area contributed by atoms with Gasteiger partial charge >= 0.3 is 0 Å². The molecule has 21 heavy (non-hydrogen) atoms. The maximum absolute atomic E-state index is 12.1. The number of benzene rings is 1.